The first-order chi connectivity index (χ1) is 23.1. The van der Waals surface area contributed by atoms with E-state index in [1.807, 2.05) is 0 Å². The predicted octanol–water partition coefficient (Wildman–Crippen LogP) is 7.34. The van der Waals surface area contributed by atoms with Crippen LogP contribution in [0.1, 0.15) is 66.2 Å². The molecule has 0 heterocycles. The molecular formula is C36H74N2O8P2Tc. The number of hydrogen-bond acceptors (Lipinski definition) is 8. The van der Waals surface area contributed by atoms with Crippen LogP contribution in [0.4, 0.5) is 0 Å². The average molecular weight is 824 g/mol. The van der Waals surface area contributed by atoms with E-state index in [1.54, 1.807) is 56.5 Å². The van der Waals surface area contributed by atoms with Gasteiger partial charge in [0.2, 0.25) is 0 Å². The zero-order chi connectivity index (χ0) is 36.7. The van der Waals surface area contributed by atoms with Crippen molar-refractivity contribution in [3.05, 3.63) is 34.2 Å². The number of ketones is 2. The number of rotatable bonds is 31. The van der Waals surface area contributed by atoms with E-state index in [0.29, 0.717) is 24.5 Å². The van der Waals surface area contributed by atoms with Crippen molar-refractivity contribution in [1.29, 1.82) is 0 Å². The van der Waals surface area contributed by atoms with Gasteiger partial charge in [0.25, 0.3) is 0 Å². The minimum absolute atomic E-state index is 0. The van der Waals surface area contributed by atoms with Crippen LogP contribution in [-0.2, 0) is 58.1 Å². The van der Waals surface area contributed by atoms with Gasteiger partial charge in [-0.1, -0.05) is 13.8 Å². The summed E-state index contributed by atoms with van der Waals surface area (Å²) in [5, 5.41) is 8.30. The van der Waals surface area contributed by atoms with Crippen molar-refractivity contribution in [2.75, 3.05) is 132 Å². The normalized spacial score (nSPS) is 11.3. The molecule has 0 unspecified atom stereocenters. The molecule has 0 aromatic heterocycles. The first-order valence-electron chi connectivity index (χ1n) is 17.4. The fourth-order valence-corrected chi connectivity index (χ4v) is 10.0. The van der Waals surface area contributed by atoms with Crippen molar-refractivity contribution in [3.8, 4) is 0 Å². The smallest absolute Gasteiger partial charge is 0.151 e. The van der Waals surface area contributed by atoms with Gasteiger partial charge in [-0.15, -0.1) is 13.1 Å². The Morgan fingerprint density at radius 1 is 0.449 bits per heavy atom. The molecule has 0 aromatic rings. The Morgan fingerprint density at radius 3 is 0.816 bits per heavy atom. The van der Waals surface area contributed by atoms with Crippen molar-refractivity contribution in [3.63, 3.8) is 0 Å². The summed E-state index contributed by atoms with van der Waals surface area (Å²) in [6, 6.07) is 0. The Kier molecular flexibility index (Phi) is 51.7. The second-order valence-corrected chi connectivity index (χ2v) is 17.6. The Balaban J connectivity index is -0.000000307. The number of ether oxygens (including phenoxy) is 6. The van der Waals surface area contributed by atoms with E-state index in [-0.39, 0.29) is 47.5 Å². The molecule has 0 rings (SSSR count). The first kappa shape index (κ1) is 55.4. The van der Waals surface area contributed by atoms with Gasteiger partial charge in [0.05, 0.1) is 37.0 Å². The monoisotopic (exact) mass is 823 g/mol. The summed E-state index contributed by atoms with van der Waals surface area (Å²) in [5.41, 5.74) is 1.41. The summed E-state index contributed by atoms with van der Waals surface area (Å²) in [6.45, 7) is 13.0. The molecule has 0 atom stereocenters. The molecule has 0 aliphatic rings. The zero-order valence-corrected chi connectivity index (χ0v) is 36.7. The minimum atomic E-state index is -0.202. The molecule has 0 aliphatic heterocycles. The van der Waals surface area contributed by atoms with Gasteiger partial charge in [-0.05, 0) is 26.0 Å². The van der Waals surface area contributed by atoms with Gasteiger partial charge in [-0.2, -0.15) is 11.4 Å². The van der Waals surface area contributed by atoms with E-state index >= 15 is 0 Å². The van der Waals surface area contributed by atoms with E-state index in [9.17, 15) is 9.59 Å². The molecule has 293 valence electrons. The molecule has 13 heteroatoms. The van der Waals surface area contributed by atoms with Gasteiger partial charge < -0.3 is 39.1 Å². The van der Waals surface area contributed by atoms with E-state index < -0.39 is 0 Å². The number of hydrogen-bond donors (Lipinski definition) is 0. The van der Waals surface area contributed by atoms with Crippen molar-refractivity contribution < 1.29 is 58.1 Å². The standard InChI is InChI=1S/C12H20N2O2.2C12H27O3P.Tc/c1-9(7-11(3)15)13-5-6-14-10(2)8-12(4)16;2*1-13-7-4-10-16(11-5-8-14-2)12-6-9-15-3;/h7-8H,5-6H2,1-4H3,(H2,13,14,15,16);2*4-12H2,1-3H3;/i;;;1+1. The molecule has 0 bridgehead atoms. The second-order valence-electron chi connectivity index (χ2n) is 11.6. The van der Waals surface area contributed by atoms with Gasteiger partial charge in [0.15, 0.2) is 11.6 Å². The third kappa shape index (κ3) is 49.8. The van der Waals surface area contributed by atoms with E-state index in [1.165, 1.54) is 101 Å². The molecule has 49 heavy (non-hydrogen) atoms. The first-order valence-corrected chi connectivity index (χ1v) is 21.7. The molecule has 1 radical (unpaired) electrons. The molecule has 0 aliphatic carbocycles. The van der Waals surface area contributed by atoms with Crippen LogP contribution in [0.25, 0.3) is 10.6 Å². The number of allylic oxidation sites excluding steroid dienone is 4. The molecule has 0 amide bonds. The van der Waals surface area contributed by atoms with Gasteiger partial charge in [-0.3, -0.25) is 9.59 Å². The van der Waals surface area contributed by atoms with Crippen LogP contribution in [0.2, 0.25) is 0 Å². The Morgan fingerprint density at radius 2 is 0.653 bits per heavy atom. The third-order valence-corrected chi connectivity index (χ3v) is 13.3. The molecule has 0 saturated heterocycles. The van der Waals surface area contributed by atoms with Crippen molar-refractivity contribution in [2.45, 2.75) is 66.2 Å². The van der Waals surface area contributed by atoms with E-state index in [2.05, 4.69) is 10.6 Å². The zero-order valence-electron chi connectivity index (χ0n) is 32.8. The SMILES string of the molecule is CC(=O)/C=C(/C)[N-]CC[N-]/C(C)=C\C(C)=O.COCCC[PH+](CCCOC)CCCOC.COCCC[PH+](CCCOC)CCCOC.[99Tc]. The molecule has 0 aromatic carbocycles. The van der Waals surface area contributed by atoms with Crippen molar-refractivity contribution in [1.82, 2.24) is 0 Å². The Labute approximate surface area is 317 Å². The fourth-order valence-electron chi connectivity index (χ4n) is 4.68. The van der Waals surface area contributed by atoms with E-state index in [4.69, 9.17) is 28.4 Å². The third-order valence-electron chi connectivity index (χ3n) is 6.92. The molecule has 0 saturated carbocycles. The molecule has 10 nitrogen and oxygen atoms in total. The van der Waals surface area contributed by atoms with Gasteiger partial charge in [-0.25, -0.2) is 0 Å². The van der Waals surface area contributed by atoms with Gasteiger partial charge in [0, 0.05) is 157 Å². The maximum absolute atomic E-state index is 10.7. The Hall–Kier alpha value is -0.311. The predicted molar refractivity (Wildman–Crippen MR) is 210 cm³/mol. The topological polar surface area (TPSA) is 118 Å². The van der Waals surface area contributed by atoms with Crippen LogP contribution in [0.15, 0.2) is 23.5 Å². The average Bonchev–Trinajstić information content (AvgIpc) is 3.03. The number of nitrogens with zero attached hydrogens (tertiary/aromatic N) is 2. The van der Waals surface area contributed by atoms with E-state index in [0.717, 1.165) is 39.6 Å². The van der Waals surface area contributed by atoms with Crippen LogP contribution in [-0.4, -0.2) is 144 Å². The summed E-state index contributed by atoms with van der Waals surface area (Å²) in [7, 11) is 10.3. The largest absolute Gasteiger partial charge is 0.689 e. The number of carbonyl (C=O) groups is 2. The quantitative estimate of drug-likeness (QED) is 0.0406. The van der Waals surface area contributed by atoms with Crippen molar-refractivity contribution >= 4 is 27.4 Å². The van der Waals surface area contributed by atoms with Crippen LogP contribution in [0.3, 0.4) is 0 Å². The molecule has 0 N–H and O–H groups in total. The van der Waals surface area contributed by atoms with Crippen LogP contribution in [0, 0.1) is 0 Å². The summed E-state index contributed by atoms with van der Waals surface area (Å²) in [4.78, 5) is 21.4. The Bertz CT molecular complexity index is 670. The van der Waals surface area contributed by atoms with Crippen molar-refractivity contribution in [2.24, 2.45) is 0 Å². The maximum atomic E-state index is 10.7. The van der Waals surface area contributed by atoms with Gasteiger partial charge >= 0.3 is 0 Å². The second kappa shape index (κ2) is 45.7. The van der Waals surface area contributed by atoms with Crippen LogP contribution in [0.5, 0.6) is 0 Å². The summed E-state index contributed by atoms with van der Waals surface area (Å²) >= 11 is 0. The summed E-state index contributed by atoms with van der Waals surface area (Å²) in [6.07, 6.45) is 18.4. The van der Waals surface area contributed by atoms with Gasteiger partial charge in [0.1, 0.15) is 0 Å². The maximum Gasteiger partial charge on any atom is 0.151 e. The number of methoxy groups -OCH3 is 6. The summed E-state index contributed by atoms with van der Waals surface area (Å²) in [5.74, 6) is -0.0170. The molecular weight excluding hydrogens is 749 g/mol. The molecule has 0 fully saturated rings. The van der Waals surface area contributed by atoms with Crippen LogP contribution >= 0.6 is 15.8 Å². The fraction of sp³-hybridized carbons (Fsp3) is 0.833. The van der Waals surface area contributed by atoms with Crippen LogP contribution < -0.4 is 0 Å². The number of carbonyl (C=O) groups excluding carboxylic acids is 2. The molecule has 0 spiro atoms. The summed E-state index contributed by atoms with van der Waals surface area (Å²) < 4.78 is 30.7. The minimum Gasteiger partial charge on any atom is -0.689 e.